The Morgan fingerprint density at radius 1 is 1.30 bits per heavy atom. The summed E-state index contributed by atoms with van der Waals surface area (Å²) < 4.78 is 66.8. The van der Waals surface area contributed by atoms with Crippen LogP contribution in [-0.2, 0) is 16.2 Å². The highest BCUT2D eigenvalue weighted by Gasteiger charge is 2.36. The molecule has 0 N–H and O–H groups in total. The molecule has 2 aromatic rings. The van der Waals surface area contributed by atoms with Gasteiger partial charge in [-0.05, 0) is 30.9 Å². The summed E-state index contributed by atoms with van der Waals surface area (Å²) in [5.41, 5.74) is -1.63. The van der Waals surface area contributed by atoms with Gasteiger partial charge in [-0.15, -0.1) is 0 Å². The molecule has 0 atom stereocenters. The number of benzene rings is 1. The molecule has 1 heterocycles. The number of nitrogens with zero attached hydrogens (tertiary/aromatic N) is 6. The largest absolute Gasteiger partial charge is 0.416 e. The average molecular weight is 523 g/mol. The fourth-order valence-electron chi connectivity index (χ4n) is 3.01. The molecule has 1 aromatic carbocycles. The number of aliphatic imine (C=N–C) groups is 1. The van der Waals surface area contributed by atoms with Crippen LogP contribution >= 0.6 is 23.2 Å². The van der Waals surface area contributed by atoms with Crippen LogP contribution < -0.4 is 4.31 Å². The van der Waals surface area contributed by atoms with Crippen LogP contribution in [0.15, 0.2) is 17.1 Å². The van der Waals surface area contributed by atoms with Crippen LogP contribution in [0.1, 0.15) is 24.1 Å². The molecule has 1 aliphatic rings. The molecule has 0 amide bonds. The van der Waals surface area contributed by atoms with Gasteiger partial charge in [0.15, 0.2) is 11.5 Å². The maximum Gasteiger partial charge on any atom is 0.416 e. The molecule has 3 rings (SSSR count). The van der Waals surface area contributed by atoms with Gasteiger partial charge in [0.25, 0.3) is 0 Å². The molecule has 33 heavy (non-hydrogen) atoms. The zero-order valence-electron chi connectivity index (χ0n) is 17.7. The Balaban J connectivity index is 2.33. The van der Waals surface area contributed by atoms with Gasteiger partial charge in [0, 0.05) is 20.6 Å². The van der Waals surface area contributed by atoms with Crippen LogP contribution in [0.3, 0.4) is 0 Å². The third kappa shape index (κ3) is 5.54. The van der Waals surface area contributed by atoms with Crippen molar-refractivity contribution >= 4 is 51.1 Å². The van der Waals surface area contributed by atoms with Crippen LogP contribution in [0.25, 0.3) is 5.69 Å². The Morgan fingerprint density at radius 3 is 2.30 bits per heavy atom. The van der Waals surface area contributed by atoms with E-state index in [1.807, 2.05) is 6.07 Å². The van der Waals surface area contributed by atoms with Gasteiger partial charge in [-0.1, -0.05) is 23.2 Å². The summed E-state index contributed by atoms with van der Waals surface area (Å²) in [6.07, 6.45) is -0.709. The maximum atomic E-state index is 13.2. The van der Waals surface area contributed by atoms with E-state index in [1.54, 1.807) is 19.0 Å². The van der Waals surface area contributed by atoms with Gasteiger partial charge in [0.1, 0.15) is 17.4 Å². The Morgan fingerprint density at radius 2 is 1.88 bits per heavy atom. The Hall–Kier alpha value is -2.49. The van der Waals surface area contributed by atoms with Gasteiger partial charge < -0.3 is 4.90 Å². The molecule has 178 valence electrons. The van der Waals surface area contributed by atoms with E-state index in [0.29, 0.717) is 12.1 Å². The molecule has 0 spiro atoms. The number of halogens is 5. The van der Waals surface area contributed by atoms with Crippen LogP contribution in [0.2, 0.25) is 10.0 Å². The van der Waals surface area contributed by atoms with Crippen molar-refractivity contribution in [3.63, 3.8) is 0 Å². The fourth-order valence-corrected chi connectivity index (χ4v) is 4.64. The first-order valence-electron chi connectivity index (χ1n) is 9.52. The van der Waals surface area contributed by atoms with Crippen LogP contribution in [0, 0.1) is 17.2 Å². The number of alkyl halides is 3. The molecule has 14 heteroatoms. The quantitative estimate of drug-likeness (QED) is 0.395. The summed E-state index contributed by atoms with van der Waals surface area (Å²) in [4.78, 5) is 5.82. The summed E-state index contributed by atoms with van der Waals surface area (Å²) >= 11 is 12.3. The molecule has 1 aliphatic carbocycles. The predicted octanol–water partition coefficient (Wildman–Crippen LogP) is 4.47. The lowest BCUT2D eigenvalue weighted by Crippen LogP contribution is -2.32. The standard InChI is InChI=1S/C19H19Cl2F3N6O2S/c1-28(2)10-26-18-17(29(33(3,31)32)9-11-4-5-11)15(8-25)27-30(18)16-13(20)6-12(7-14(16)21)19(22,23)24/h6-7,10-11H,4-5,9H2,1-3H3/b26-10+. The van der Waals surface area contributed by atoms with Crippen molar-refractivity contribution in [1.82, 2.24) is 14.7 Å². The lowest BCUT2D eigenvalue weighted by atomic mass is 10.2. The molecular weight excluding hydrogens is 504 g/mol. The van der Waals surface area contributed by atoms with Gasteiger partial charge in [-0.2, -0.15) is 23.5 Å². The minimum atomic E-state index is -4.69. The van der Waals surface area contributed by atoms with Crippen molar-refractivity contribution in [3.05, 3.63) is 33.4 Å². The highest BCUT2D eigenvalue weighted by atomic mass is 35.5. The van der Waals surface area contributed by atoms with Crippen molar-refractivity contribution in [3.8, 4) is 11.8 Å². The molecule has 0 unspecified atom stereocenters. The SMILES string of the molecule is CN(C)/C=N/c1c(N(CC2CC2)S(C)(=O)=O)c(C#N)nn1-c1c(Cl)cc(C(F)(F)F)cc1Cl. The predicted molar refractivity (Wildman–Crippen MR) is 120 cm³/mol. The molecule has 0 aliphatic heterocycles. The smallest absolute Gasteiger partial charge is 0.369 e. The number of anilines is 1. The minimum Gasteiger partial charge on any atom is -0.369 e. The minimum absolute atomic E-state index is 0.1000. The maximum absolute atomic E-state index is 13.2. The average Bonchev–Trinajstić information content (AvgIpc) is 3.43. The summed E-state index contributed by atoms with van der Waals surface area (Å²) in [6, 6.07) is 3.19. The topological polar surface area (TPSA) is 94.6 Å². The van der Waals surface area contributed by atoms with Gasteiger partial charge >= 0.3 is 6.18 Å². The summed E-state index contributed by atoms with van der Waals surface area (Å²) in [7, 11) is -0.538. The van der Waals surface area contributed by atoms with Gasteiger partial charge in [-0.25, -0.2) is 18.1 Å². The summed E-state index contributed by atoms with van der Waals surface area (Å²) in [5, 5.41) is 13.0. The van der Waals surface area contributed by atoms with E-state index in [9.17, 15) is 26.9 Å². The van der Waals surface area contributed by atoms with Gasteiger partial charge in [0.05, 0.1) is 28.2 Å². The molecule has 1 aromatic heterocycles. The van der Waals surface area contributed by atoms with E-state index >= 15 is 0 Å². The van der Waals surface area contributed by atoms with Crippen molar-refractivity contribution in [2.24, 2.45) is 10.9 Å². The van der Waals surface area contributed by atoms with Crippen molar-refractivity contribution in [2.75, 3.05) is 31.2 Å². The molecule has 8 nitrogen and oxygen atoms in total. The fraction of sp³-hybridized carbons (Fsp3) is 0.421. The number of aromatic nitrogens is 2. The second kappa shape index (κ2) is 9.04. The van der Waals surface area contributed by atoms with E-state index in [0.717, 1.165) is 28.1 Å². The van der Waals surface area contributed by atoms with E-state index in [-0.39, 0.29) is 35.3 Å². The molecule has 0 bridgehead atoms. The zero-order chi connectivity index (χ0) is 24.7. The lowest BCUT2D eigenvalue weighted by molar-refractivity contribution is -0.137. The zero-order valence-corrected chi connectivity index (χ0v) is 20.1. The highest BCUT2D eigenvalue weighted by molar-refractivity contribution is 7.92. The number of rotatable bonds is 7. The molecular formula is C19H19Cl2F3N6O2S. The molecule has 0 saturated heterocycles. The van der Waals surface area contributed by atoms with Crippen LogP contribution in [0.5, 0.6) is 0 Å². The van der Waals surface area contributed by atoms with E-state index < -0.39 is 31.8 Å². The lowest BCUT2D eigenvalue weighted by Gasteiger charge is -2.22. The number of sulfonamides is 1. The van der Waals surface area contributed by atoms with Crippen LogP contribution in [-0.4, -0.2) is 56.3 Å². The third-order valence-electron chi connectivity index (χ3n) is 4.68. The second-order valence-corrected chi connectivity index (χ2v) is 10.5. The van der Waals surface area contributed by atoms with Crippen molar-refractivity contribution < 1.29 is 21.6 Å². The first kappa shape index (κ1) is 25.1. The van der Waals surface area contributed by atoms with Crippen LogP contribution in [0.4, 0.5) is 24.7 Å². The molecule has 1 saturated carbocycles. The number of hydrogen-bond acceptors (Lipinski definition) is 5. The molecule has 1 fully saturated rings. The summed E-state index contributed by atoms with van der Waals surface area (Å²) in [5.74, 6) is -0.00609. The Labute approximate surface area is 198 Å². The van der Waals surface area contributed by atoms with E-state index in [2.05, 4.69) is 10.1 Å². The number of nitriles is 1. The normalized spacial score (nSPS) is 14.5. The van der Waals surface area contributed by atoms with E-state index in [1.165, 1.54) is 6.34 Å². The van der Waals surface area contributed by atoms with Crippen molar-refractivity contribution in [2.45, 2.75) is 19.0 Å². The van der Waals surface area contributed by atoms with Gasteiger partial charge in [-0.3, -0.25) is 4.31 Å². The van der Waals surface area contributed by atoms with Gasteiger partial charge in [0.2, 0.25) is 10.0 Å². The van der Waals surface area contributed by atoms with Crippen molar-refractivity contribution in [1.29, 1.82) is 5.26 Å². The Kier molecular flexibility index (Phi) is 6.89. The first-order chi connectivity index (χ1) is 15.2. The molecule has 0 radical (unpaired) electrons. The Bertz CT molecular complexity index is 1220. The highest BCUT2D eigenvalue weighted by Crippen LogP contribution is 2.43. The number of hydrogen-bond donors (Lipinski definition) is 0. The summed E-state index contributed by atoms with van der Waals surface area (Å²) in [6.45, 7) is 0.109. The third-order valence-corrected chi connectivity index (χ3v) is 6.39. The monoisotopic (exact) mass is 522 g/mol. The van der Waals surface area contributed by atoms with E-state index in [4.69, 9.17) is 23.2 Å². The second-order valence-electron chi connectivity index (χ2n) is 7.78. The first-order valence-corrected chi connectivity index (χ1v) is 12.1.